The zero-order valence-corrected chi connectivity index (χ0v) is 22.0. The predicted octanol–water partition coefficient (Wildman–Crippen LogP) is 7.00. The second-order valence-electron chi connectivity index (χ2n) is 10.3. The Labute approximate surface area is 229 Å². The number of benzene rings is 2. The van der Waals surface area contributed by atoms with Gasteiger partial charge in [-0.1, -0.05) is 47.5 Å². The Morgan fingerprint density at radius 1 is 0.974 bits per heavy atom. The van der Waals surface area contributed by atoms with Gasteiger partial charge < -0.3 is 10.6 Å². The fourth-order valence-electron chi connectivity index (χ4n) is 6.07. The number of alkyl halides is 3. The number of rotatable bonds is 6. The Kier molecular flexibility index (Phi) is 7.98. The van der Waals surface area contributed by atoms with Gasteiger partial charge in [0.2, 0.25) is 5.91 Å². The van der Waals surface area contributed by atoms with Gasteiger partial charge in [0.15, 0.2) is 0 Å². The molecule has 4 unspecified atom stereocenters. The molecule has 1 aliphatic carbocycles. The standard InChI is InChI=1S/C29H28Cl2F3N3O/c30-22-6-1-18(2-7-22)28(19-3-8-23(31)9-4-19)20-5-10-25-24(12-20)26(13-27(38)37-25)36-15-17-11-21(16-35-14-17)29(32,33)34/h1-4,6-9,11,14,16,20,24-26,28,36H,5,10,12-13,15H2,(H,37,38). The van der Waals surface area contributed by atoms with E-state index in [0.717, 1.165) is 31.5 Å². The molecule has 0 spiro atoms. The van der Waals surface area contributed by atoms with Crippen molar-refractivity contribution in [2.75, 3.05) is 0 Å². The van der Waals surface area contributed by atoms with E-state index in [2.05, 4.69) is 39.9 Å². The monoisotopic (exact) mass is 561 g/mol. The number of piperidine rings is 1. The number of halogens is 5. The molecule has 3 aromatic rings. The lowest BCUT2D eigenvalue weighted by Crippen LogP contribution is -2.58. The van der Waals surface area contributed by atoms with Gasteiger partial charge in [0.05, 0.1) is 5.56 Å². The molecule has 0 radical (unpaired) electrons. The number of hydrogen-bond acceptors (Lipinski definition) is 3. The van der Waals surface area contributed by atoms with Crippen molar-refractivity contribution in [1.29, 1.82) is 0 Å². The van der Waals surface area contributed by atoms with Gasteiger partial charge in [0, 0.05) is 53.4 Å². The molecule has 1 aromatic heterocycles. The first-order valence-corrected chi connectivity index (χ1v) is 13.5. The summed E-state index contributed by atoms with van der Waals surface area (Å²) >= 11 is 12.4. The van der Waals surface area contributed by atoms with E-state index in [1.165, 1.54) is 17.3 Å². The van der Waals surface area contributed by atoms with Crippen molar-refractivity contribution < 1.29 is 18.0 Å². The zero-order chi connectivity index (χ0) is 26.9. The SMILES string of the molecule is O=C1CC(NCc2cncc(C(F)(F)F)c2)C2CC(C(c3ccc(Cl)cc3)c3ccc(Cl)cc3)CCC2N1. The number of aromatic nitrogens is 1. The van der Waals surface area contributed by atoms with Crippen LogP contribution >= 0.6 is 23.2 Å². The number of carbonyl (C=O) groups is 1. The summed E-state index contributed by atoms with van der Waals surface area (Å²) in [4.78, 5) is 16.3. The van der Waals surface area contributed by atoms with Crippen LogP contribution in [0.4, 0.5) is 13.2 Å². The molecule has 2 heterocycles. The second-order valence-corrected chi connectivity index (χ2v) is 11.1. The van der Waals surface area contributed by atoms with Gasteiger partial charge in [-0.3, -0.25) is 9.78 Å². The van der Waals surface area contributed by atoms with Gasteiger partial charge in [-0.25, -0.2) is 0 Å². The summed E-state index contributed by atoms with van der Waals surface area (Å²) in [5.74, 6) is 0.535. The van der Waals surface area contributed by atoms with Gasteiger partial charge in [-0.15, -0.1) is 0 Å². The lowest BCUT2D eigenvalue weighted by Gasteiger charge is -2.46. The van der Waals surface area contributed by atoms with Gasteiger partial charge in [-0.2, -0.15) is 13.2 Å². The number of pyridine rings is 1. The van der Waals surface area contributed by atoms with Crippen LogP contribution in [0.5, 0.6) is 0 Å². The molecule has 4 atom stereocenters. The minimum absolute atomic E-state index is 0.0284. The average Bonchev–Trinajstić information content (AvgIpc) is 2.89. The number of nitrogens with zero attached hydrogens (tertiary/aromatic N) is 1. The molecule has 1 aliphatic heterocycles. The fraction of sp³-hybridized carbons (Fsp3) is 0.379. The lowest BCUT2D eigenvalue weighted by atomic mass is 9.65. The van der Waals surface area contributed by atoms with Gasteiger partial charge in [-0.05, 0) is 78.1 Å². The first-order valence-electron chi connectivity index (χ1n) is 12.7. The van der Waals surface area contributed by atoms with E-state index in [1.54, 1.807) is 0 Å². The molecule has 1 saturated heterocycles. The molecule has 1 amide bonds. The number of fused-ring (bicyclic) bond motifs is 1. The lowest BCUT2D eigenvalue weighted by molar-refractivity contribution is -0.137. The Bertz CT molecular complexity index is 1220. The minimum atomic E-state index is -4.45. The number of amides is 1. The topological polar surface area (TPSA) is 54.0 Å². The van der Waals surface area contributed by atoms with Crippen LogP contribution in [0.15, 0.2) is 67.0 Å². The third kappa shape index (κ3) is 6.16. The summed E-state index contributed by atoms with van der Waals surface area (Å²) in [7, 11) is 0. The fourth-order valence-corrected chi connectivity index (χ4v) is 6.32. The minimum Gasteiger partial charge on any atom is -0.353 e. The van der Waals surface area contributed by atoms with Crippen LogP contribution in [0.25, 0.3) is 0 Å². The Hall–Kier alpha value is -2.61. The number of carbonyl (C=O) groups excluding carboxylic acids is 1. The Morgan fingerprint density at radius 2 is 1.61 bits per heavy atom. The van der Waals surface area contributed by atoms with E-state index in [9.17, 15) is 18.0 Å². The summed E-state index contributed by atoms with van der Waals surface area (Å²) in [6.45, 7) is 0.209. The van der Waals surface area contributed by atoms with Crippen molar-refractivity contribution in [2.24, 2.45) is 11.8 Å². The highest BCUT2D eigenvalue weighted by Gasteiger charge is 2.43. The predicted molar refractivity (Wildman–Crippen MR) is 142 cm³/mol. The molecular formula is C29H28Cl2F3N3O. The van der Waals surface area contributed by atoms with Crippen molar-refractivity contribution >= 4 is 29.1 Å². The van der Waals surface area contributed by atoms with E-state index in [0.29, 0.717) is 21.5 Å². The van der Waals surface area contributed by atoms with Crippen molar-refractivity contribution in [3.8, 4) is 0 Å². The van der Waals surface area contributed by atoms with Gasteiger partial charge >= 0.3 is 6.18 Å². The maximum absolute atomic E-state index is 13.2. The number of nitrogens with one attached hydrogen (secondary N) is 2. The molecule has 200 valence electrons. The van der Waals surface area contributed by atoms with E-state index in [1.807, 2.05) is 24.3 Å². The molecule has 9 heteroatoms. The molecule has 2 aromatic carbocycles. The quantitative estimate of drug-likeness (QED) is 0.340. The van der Waals surface area contributed by atoms with Crippen LogP contribution < -0.4 is 10.6 Å². The highest BCUT2D eigenvalue weighted by atomic mass is 35.5. The summed E-state index contributed by atoms with van der Waals surface area (Å²) in [5.41, 5.74) is 2.00. The molecule has 2 N–H and O–H groups in total. The molecule has 1 saturated carbocycles. The summed E-state index contributed by atoms with van der Waals surface area (Å²) in [6.07, 6.45) is 0.722. The first kappa shape index (κ1) is 27.0. The van der Waals surface area contributed by atoms with Crippen molar-refractivity contribution in [1.82, 2.24) is 15.6 Å². The van der Waals surface area contributed by atoms with Gasteiger partial charge in [0.1, 0.15) is 0 Å². The first-order chi connectivity index (χ1) is 18.2. The van der Waals surface area contributed by atoms with Crippen molar-refractivity contribution in [3.63, 3.8) is 0 Å². The van der Waals surface area contributed by atoms with Crippen LogP contribution in [-0.2, 0) is 17.5 Å². The van der Waals surface area contributed by atoms with E-state index < -0.39 is 11.7 Å². The average molecular weight is 562 g/mol. The van der Waals surface area contributed by atoms with Crippen LogP contribution in [-0.4, -0.2) is 23.0 Å². The van der Waals surface area contributed by atoms with Gasteiger partial charge in [0.25, 0.3) is 0 Å². The van der Waals surface area contributed by atoms with E-state index >= 15 is 0 Å². The normalized spacial score (nSPS) is 23.7. The van der Waals surface area contributed by atoms with Crippen LogP contribution in [0.1, 0.15) is 53.9 Å². The molecule has 2 aliphatic rings. The second kappa shape index (κ2) is 11.2. The molecule has 2 fully saturated rings. The number of hydrogen-bond donors (Lipinski definition) is 2. The Morgan fingerprint density at radius 3 is 2.21 bits per heavy atom. The van der Waals surface area contributed by atoms with Crippen molar-refractivity contribution in [2.45, 2.75) is 56.4 Å². The summed E-state index contributed by atoms with van der Waals surface area (Å²) < 4.78 is 39.5. The zero-order valence-electron chi connectivity index (χ0n) is 20.5. The smallest absolute Gasteiger partial charge is 0.353 e. The summed E-state index contributed by atoms with van der Waals surface area (Å²) in [6, 6.07) is 16.8. The third-order valence-electron chi connectivity index (χ3n) is 7.83. The third-order valence-corrected chi connectivity index (χ3v) is 8.33. The summed E-state index contributed by atoms with van der Waals surface area (Å²) in [5, 5.41) is 7.90. The maximum Gasteiger partial charge on any atom is 0.417 e. The molecule has 4 nitrogen and oxygen atoms in total. The van der Waals surface area contributed by atoms with E-state index in [4.69, 9.17) is 23.2 Å². The molecule has 0 bridgehead atoms. The van der Waals surface area contributed by atoms with Crippen LogP contribution in [0.3, 0.4) is 0 Å². The largest absolute Gasteiger partial charge is 0.417 e. The maximum atomic E-state index is 13.2. The van der Waals surface area contributed by atoms with Crippen LogP contribution in [0, 0.1) is 11.8 Å². The molecule has 38 heavy (non-hydrogen) atoms. The Balaban J connectivity index is 1.38. The van der Waals surface area contributed by atoms with Crippen LogP contribution in [0.2, 0.25) is 10.0 Å². The van der Waals surface area contributed by atoms with E-state index in [-0.39, 0.29) is 42.8 Å². The highest BCUT2D eigenvalue weighted by molar-refractivity contribution is 6.30. The molecule has 5 rings (SSSR count). The highest BCUT2D eigenvalue weighted by Crippen LogP contribution is 2.45. The van der Waals surface area contributed by atoms with Crippen molar-refractivity contribution in [3.05, 3.63) is 99.3 Å². The molecular weight excluding hydrogens is 534 g/mol.